The lowest BCUT2D eigenvalue weighted by Gasteiger charge is -2.40. The van der Waals surface area contributed by atoms with Gasteiger partial charge < -0.3 is 19.7 Å². The molecule has 3 aromatic heterocycles. The van der Waals surface area contributed by atoms with E-state index in [2.05, 4.69) is 19.9 Å². The number of nitrogens with zero attached hydrogens (tertiary/aromatic N) is 6. The molecule has 16 heteroatoms. The summed E-state index contributed by atoms with van der Waals surface area (Å²) in [6, 6.07) is 2.47. The van der Waals surface area contributed by atoms with Crippen molar-refractivity contribution < 1.29 is 37.2 Å². The highest BCUT2D eigenvalue weighted by molar-refractivity contribution is 7.48. The third-order valence-electron chi connectivity index (χ3n) is 7.83. The van der Waals surface area contributed by atoms with Gasteiger partial charge in [0.2, 0.25) is 0 Å². The second kappa shape index (κ2) is 11.8. The molecule has 0 radical (unpaired) electrons. The van der Waals surface area contributed by atoms with Crippen LogP contribution in [0, 0.1) is 24.6 Å². The number of aromatic amines is 1. The minimum Gasteiger partial charge on any atom is -0.465 e. The molecule has 1 aromatic carbocycles. The number of hydrogen-bond acceptors (Lipinski definition) is 11. The van der Waals surface area contributed by atoms with E-state index >= 15 is 0 Å². The summed E-state index contributed by atoms with van der Waals surface area (Å²) in [6.45, 7) is 9.91. The van der Waals surface area contributed by atoms with Crippen molar-refractivity contribution in [3.63, 3.8) is 0 Å². The number of ether oxygens (including phenoxy) is 1. The van der Waals surface area contributed by atoms with Gasteiger partial charge in [0, 0.05) is 31.4 Å². The molecule has 1 aliphatic carbocycles. The number of H-pyrrole nitrogens is 1. The SMILES string of the molecule is Cc1ncc(Oc2nc(N3CC4CC(OP(=O)(OC(C)C)OC(C)C)C4C3)c3c(n2)[nH]c2c(N(C)C(=O)O)cc(F)cc23)cn1. The van der Waals surface area contributed by atoms with Crippen molar-refractivity contribution in [1.29, 1.82) is 0 Å². The molecule has 4 aromatic rings. The summed E-state index contributed by atoms with van der Waals surface area (Å²) in [7, 11) is -2.47. The number of amides is 1. The van der Waals surface area contributed by atoms with Crippen molar-refractivity contribution in [2.45, 2.75) is 59.4 Å². The molecule has 14 nitrogen and oxygen atoms in total. The highest BCUT2D eigenvalue weighted by Crippen LogP contribution is 2.58. The first-order valence-corrected chi connectivity index (χ1v) is 16.1. The lowest BCUT2D eigenvalue weighted by molar-refractivity contribution is -0.0298. The maximum Gasteiger partial charge on any atom is 0.475 e. The number of phosphoric acid groups is 1. The summed E-state index contributed by atoms with van der Waals surface area (Å²) in [5, 5.41) is 10.6. The zero-order chi connectivity index (χ0) is 32.2. The lowest BCUT2D eigenvalue weighted by Crippen LogP contribution is -2.42. The standard InChI is InChI=1S/C29H35FN7O7P/c1-14(2)42-45(40,43-15(3)4)44-23-7-17-12-37(13-21(17)23)27-24-20-8-18(30)9-22(36(6)29(38)39)25(20)33-26(24)34-28(35-27)41-19-10-31-16(5)32-11-19/h8-11,14-15,17,21,23H,7,12-13H2,1-6H3,(H,38,39)(H,33,34,35). The van der Waals surface area contributed by atoms with E-state index in [1.807, 2.05) is 4.90 Å². The van der Waals surface area contributed by atoms with E-state index in [1.54, 1.807) is 34.6 Å². The van der Waals surface area contributed by atoms with Crippen LogP contribution in [0.2, 0.25) is 0 Å². The molecular formula is C29H35FN7O7P. The van der Waals surface area contributed by atoms with Crippen LogP contribution in [0.15, 0.2) is 24.5 Å². The molecule has 2 fully saturated rings. The Bertz CT molecular complexity index is 1790. The molecule has 2 aliphatic rings. The zero-order valence-corrected chi connectivity index (χ0v) is 26.6. The summed E-state index contributed by atoms with van der Waals surface area (Å²) in [5.74, 6) is 0.948. The number of aromatic nitrogens is 5. The molecule has 1 saturated heterocycles. The topological polar surface area (TPSA) is 165 Å². The predicted octanol–water partition coefficient (Wildman–Crippen LogP) is 6.05. The molecule has 1 aliphatic heterocycles. The molecular weight excluding hydrogens is 608 g/mol. The van der Waals surface area contributed by atoms with E-state index in [4.69, 9.17) is 23.3 Å². The van der Waals surface area contributed by atoms with Crippen LogP contribution in [0.5, 0.6) is 11.8 Å². The molecule has 0 bridgehead atoms. The Kier molecular flexibility index (Phi) is 8.14. The van der Waals surface area contributed by atoms with Gasteiger partial charge in [-0.1, -0.05) is 0 Å². The maximum absolute atomic E-state index is 15.0. The molecule has 1 amide bonds. The quantitative estimate of drug-likeness (QED) is 0.192. The summed E-state index contributed by atoms with van der Waals surface area (Å²) in [5.41, 5.74) is 0.830. The summed E-state index contributed by atoms with van der Waals surface area (Å²) >= 11 is 0. The number of hydrogen-bond donors (Lipinski definition) is 2. The van der Waals surface area contributed by atoms with E-state index in [0.717, 1.165) is 11.0 Å². The summed E-state index contributed by atoms with van der Waals surface area (Å²) < 4.78 is 51.6. The van der Waals surface area contributed by atoms with Crippen LogP contribution in [0.3, 0.4) is 0 Å². The Balaban J connectivity index is 1.39. The number of carbonyl (C=O) groups is 1. The molecule has 240 valence electrons. The van der Waals surface area contributed by atoms with E-state index in [9.17, 15) is 18.9 Å². The second-order valence-corrected chi connectivity index (χ2v) is 13.4. The Morgan fingerprint density at radius 2 is 1.82 bits per heavy atom. The number of fused-ring (bicyclic) bond motifs is 4. The third kappa shape index (κ3) is 6.17. The maximum atomic E-state index is 15.0. The van der Waals surface area contributed by atoms with Gasteiger partial charge in [-0.25, -0.2) is 23.7 Å². The highest BCUT2D eigenvalue weighted by atomic mass is 31.2. The number of rotatable bonds is 10. The number of anilines is 2. The number of aryl methyl sites for hydroxylation is 1. The van der Waals surface area contributed by atoms with Gasteiger partial charge in [0.1, 0.15) is 23.1 Å². The van der Waals surface area contributed by atoms with E-state index < -0.39 is 19.7 Å². The largest absolute Gasteiger partial charge is 0.475 e. The van der Waals surface area contributed by atoms with Crippen LogP contribution in [0.1, 0.15) is 39.9 Å². The van der Waals surface area contributed by atoms with Crippen molar-refractivity contribution in [3.05, 3.63) is 36.2 Å². The van der Waals surface area contributed by atoms with Gasteiger partial charge in [-0.15, -0.1) is 0 Å². The highest BCUT2D eigenvalue weighted by Gasteiger charge is 2.52. The minimum atomic E-state index is -3.81. The first-order valence-electron chi connectivity index (χ1n) is 14.7. The van der Waals surface area contributed by atoms with Crippen LogP contribution in [-0.4, -0.2) is 74.6 Å². The molecule has 6 rings (SSSR count). The van der Waals surface area contributed by atoms with E-state index in [0.29, 0.717) is 58.8 Å². The number of halogens is 1. The molecule has 45 heavy (non-hydrogen) atoms. The summed E-state index contributed by atoms with van der Waals surface area (Å²) in [4.78, 5) is 35.6. The fourth-order valence-electron chi connectivity index (χ4n) is 5.88. The van der Waals surface area contributed by atoms with Crippen LogP contribution in [0.25, 0.3) is 21.9 Å². The third-order valence-corrected chi connectivity index (χ3v) is 9.72. The lowest BCUT2D eigenvalue weighted by atomic mass is 9.74. The minimum absolute atomic E-state index is 0.000350. The Labute approximate surface area is 258 Å². The van der Waals surface area contributed by atoms with Gasteiger partial charge in [0.05, 0.1) is 47.3 Å². The molecule has 3 unspecified atom stereocenters. The number of nitrogens with one attached hydrogen (secondary N) is 1. The molecule has 1 saturated carbocycles. The monoisotopic (exact) mass is 643 g/mol. The van der Waals surface area contributed by atoms with E-state index in [-0.39, 0.29) is 41.8 Å². The molecule has 4 heterocycles. The Morgan fingerprint density at radius 1 is 1.13 bits per heavy atom. The van der Waals surface area contributed by atoms with Gasteiger partial charge in [-0.2, -0.15) is 9.97 Å². The zero-order valence-electron chi connectivity index (χ0n) is 25.7. The van der Waals surface area contributed by atoms with Crippen LogP contribution >= 0.6 is 7.82 Å². The average Bonchev–Trinajstić information content (AvgIpc) is 3.48. The van der Waals surface area contributed by atoms with Crippen molar-refractivity contribution in [1.82, 2.24) is 24.9 Å². The average molecular weight is 644 g/mol. The molecule has 0 spiro atoms. The normalized spacial score (nSPS) is 19.8. The number of benzene rings is 1. The van der Waals surface area contributed by atoms with Gasteiger partial charge in [0.15, 0.2) is 5.75 Å². The fraction of sp³-hybridized carbons (Fsp3) is 0.483. The molecule has 2 N–H and O–H groups in total. The van der Waals surface area contributed by atoms with E-state index in [1.165, 1.54) is 25.5 Å². The van der Waals surface area contributed by atoms with Gasteiger partial charge in [-0.05, 0) is 59.1 Å². The van der Waals surface area contributed by atoms with Crippen molar-refractivity contribution in [2.75, 3.05) is 29.9 Å². The summed E-state index contributed by atoms with van der Waals surface area (Å²) in [6.07, 6.45) is 1.32. The first kappa shape index (κ1) is 31.1. The van der Waals surface area contributed by atoms with Crippen LogP contribution in [0.4, 0.5) is 20.7 Å². The van der Waals surface area contributed by atoms with Crippen LogP contribution < -0.4 is 14.5 Å². The predicted molar refractivity (Wildman–Crippen MR) is 163 cm³/mol. The van der Waals surface area contributed by atoms with Crippen molar-refractivity contribution in [2.24, 2.45) is 11.8 Å². The number of carboxylic acid groups (broad SMARTS) is 1. The van der Waals surface area contributed by atoms with Crippen molar-refractivity contribution in [3.8, 4) is 11.8 Å². The first-order chi connectivity index (χ1) is 21.3. The second-order valence-electron chi connectivity index (χ2n) is 11.9. The van der Waals surface area contributed by atoms with Gasteiger partial charge in [-0.3, -0.25) is 18.5 Å². The molecule has 3 atom stereocenters. The number of phosphoric ester groups is 1. The van der Waals surface area contributed by atoms with Gasteiger partial charge >= 0.3 is 19.9 Å². The van der Waals surface area contributed by atoms with Crippen LogP contribution in [-0.2, 0) is 18.1 Å². The smallest absolute Gasteiger partial charge is 0.465 e. The van der Waals surface area contributed by atoms with Crippen molar-refractivity contribution >= 4 is 47.4 Å². The Hall–Kier alpha value is -3.91. The Morgan fingerprint density at radius 3 is 2.47 bits per heavy atom. The fourth-order valence-corrected chi connectivity index (χ4v) is 7.64. The van der Waals surface area contributed by atoms with Gasteiger partial charge in [0.25, 0.3) is 0 Å².